The Hall–Kier alpha value is -1.56. The van der Waals surface area contributed by atoms with Crippen LogP contribution < -0.4 is 10.6 Å². The first kappa shape index (κ1) is 13.9. The minimum absolute atomic E-state index is 0.150. The van der Waals surface area contributed by atoms with Crippen LogP contribution in [0.15, 0.2) is 41.8 Å². The molecule has 6 heteroatoms. The van der Waals surface area contributed by atoms with Crippen LogP contribution in [0.1, 0.15) is 11.0 Å². The molecule has 2 amide bonds. The highest BCUT2D eigenvalue weighted by Crippen LogP contribution is 2.20. The monoisotopic (exact) mass is 296 g/mol. The lowest BCUT2D eigenvalue weighted by Crippen LogP contribution is -2.32. The van der Waals surface area contributed by atoms with Crippen LogP contribution in [0.5, 0.6) is 0 Å². The van der Waals surface area contributed by atoms with Gasteiger partial charge in [0.1, 0.15) is 6.10 Å². The second-order valence-electron chi connectivity index (χ2n) is 3.85. The molecule has 4 nitrogen and oxygen atoms in total. The van der Waals surface area contributed by atoms with Gasteiger partial charge in [0.25, 0.3) is 0 Å². The van der Waals surface area contributed by atoms with Crippen LogP contribution in [0.25, 0.3) is 0 Å². The van der Waals surface area contributed by atoms with Crippen molar-refractivity contribution >= 4 is 34.7 Å². The van der Waals surface area contributed by atoms with Crippen molar-refractivity contribution in [1.82, 2.24) is 5.32 Å². The number of carbonyl (C=O) groups is 1. The van der Waals surface area contributed by atoms with E-state index in [0.717, 1.165) is 4.88 Å². The van der Waals surface area contributed by atoms with E-state index < -0.39 is 12.1 Å². The highest BCUT2D eigenvalue weighted by Gasteiger charge is 2.10. The number of urea groups is 1. The maximum Gasteiger partial charge on any atom is 0.319 e. The fourth-order valence-corrected chi connectivity index (χ4v) is 2.39. The van der Waals surface area contributed by atoms with Crippen molar-refractivity contribution in [2.75, 3.05) is 11.9 Å². The molecule has 0 aliphatic heterocycles. The lowest BCUT2D eigenvalue weighted by atomic mass is 10.3. The lowest BCUT2D eigenvalue weighted by Gasteiger charge is -2.11. The molecule has 0 fully saturated rings. The second kappa shape index (κ2) is 6.56. The molecule has 0 bridgehead atoms. The van der Waals surface area contributed by atoms with Gasteiger partial charge in [0, 0.05) is 4.88 Å². The smallest absolute Gasteiger partial charge is 0.319 e. The van der Waals surface area contributed by atoms with Crippen molar-refractivity contribution in [2.45, 2.75) is 6.10 Å². The van der Waals surface area contributed by atoms with E-state index in [1.54, 1.807) is 24.3 Å². The van der Waals surface area contributed by atoms with Gasteiger partial charge >= 0.3 is 6.03 Å². The van der Waals surface area contributed by atoms with E-state index >= 15 is 0 Å². The third kappa shape index (κ3) is 3.96. The molecule has 1 unspecified atom stereocenters. The average Bonchev–Trinajstić information content (AvgIpc) is 2.93. The first-order valence-corrected chi connectivity index (χ1v) is 6.93. The number of amides is 2. The summed E-state index contributed by atoms with van der Waals surface area (Å²) in [6.07, 6.45) is -0.697. The van der Waals surface area contributed by atoms with Gasteiger partial charge in [-0.3, -0.25) is 0 Å². The molecule has 0 saturated heterocycles. The second-order valence-corrected chi connectivity index (χ2v) is 5.23. The number of hydrogen-bond acceptors (Lipinski definition) is 3. The van der Waals surface area contributed by atoms with Gasteiger partial charge in [-0.1, -0.05) is 29.8 Å². The van der Waals surface area contributed by atoms with Gasteiger partial charge in [-0.25, -0.2) is 4.79 Å². The van der Waals surface area contributed by atoms with Crippen LogP contribution in [-0.4, -0.2) is 17.7 Å². The van der Waals surface area contributed by atoms with Gasteiger partial charge in [-0.2, -0.15) is 0 Å². The summed E-state index contributed by atoms with van der Waals surface area (Å²) < 4.78 is 0. The van der Waals surface area contributed by atoms with E-state index in [1.807, 2.05) is 17.5 Å². The average molecular weight is 297 g/mol. The van der Waals surface area contributed by atoms with Gasteiger partial charge in [0.15, 0.2) is 0 Å². The van der Waals surface area contributed by atoms with Gasteiger partial charge in [-0.05, 0) is 23.6 Å². The van der Waals surface area contributed by atoms with Crippen LogP contribution in [-0.2, 0) is 0 Å². The minimum Gasteiger partial charge on any atom is -0.386 e. The molecule has 0 spiro atoms. The normalized spacial score (nSPS) is 11.9. The zero-order valence-electron chi connectivity index (χ0n) is 9.97. The fraction of sp³-hybridized carbons (Fsp3) is 0.154. The molecule has 19 heavy (non-hydrogen) atoms. The highest BCUT2D eigenvalue weighted by atomic mass is 35.5. The molecular weight excluding hydrogens is 284 g/mol. The van der Waals surface area contributed by atoms with Crippen molar-refractivity contribution in [2.24, 2.45) is 0 Å². The van der Waals surface area contributed by atoms with Crippen molar-refractivity contribution in [1.29, 1.82) is 0 Å². The van der Waals surface area contributed by atoms with Crippen molar-refractivity contribution in [3.63, 3.8) is 0 Å². The zero-order valence-corrected chi connectivity index (χ0v) is 11.5. The highest BCUT2D eigenvalue weighted by molar-refractivity contribution is 7.10. The SMILES string of the molecule is O=C(NCC(O)c1cccs1)Nc1ccccc1Cl. The lowest BCUT2D eigenvalue weighted by molar-refractivity contribution is 0.178. The Morgan fingerprint density at radius 1 is 1.32 bits per heavy atom. The third-order valence-corrected chi connectivity index (χ3v) is 3.75. The molecule has 100 valence electrons. The molecule has 0 aliphatic carbocycles. The largest absolute Gasteiger partial charge is 0.386 e. The van der Waals surface area contributed by atoms with Crippen molar-refractivity contribution in [3.05, 3.63) is 51.7 Å². The summed E-state index contributed by atoms with van der Waals surface area (Å²) in [5.74, 6) is 0. The molecule has 1 heterocycles. The number of nitrogens with one attached hydrogen (secondary N) is 2. The summed E-state index contributed by atoms with van der Waals surface area (Å²) in [4.78, 5) is 12.5. The summed E-state index contributed by atoms with van der Waals surface area (Å²) in [6, 6.07) is 10.2. The zero-order chi connectivity index (χ0) is 13.7. The Labute approximate surface area is 120 Å². The Bertz CT molecular complexity index is 545. The summed E-state index contributed by atoms with van der Waals surface area (Å²) in [5, 5.41) is 17.4. The number of aliphatic hydroxyl groups is 1. The van der Waals surface area contributed by atoms with Gasteiger partial charge in [0.2, 0.25) is 0 Å². The molecule has 0 saturated carbocycles. The van der Waals surface area contributed by atoms with Crippen LogP contribution in [0.2, 0.25) is 5.02 Å². The summed E-state index contributed by atoms with van der Waals surface area (Å²) in [6.45, 7) is 0.150. The molecule has 3 N–H and O–H groups in total. The van der Waals surface area contributed by atoms with E-state index in [2.05, 4.69) is 10.6 Å². The number of hydrogen-bond donors (Lipinski definition) is 3. The predicted octanol–water partition coefficient (Wildman–Crippen LogP) is 3.26. The molecule has 0 radical (unpaired) electrons. The maximum atomic E-state index is 11.7. The Morgan fingerprint density at radius 2 is 2.11 bits per heavy atom. The first-order chi connectivity index (χ1) is 9.16. The van der Waals surface area contributed by atoms with E-state index in [4.69, 9.17) is 11.6 Å². The van der Waals surface area contributed by atoms with Crippen LogP contribution >= 0.6 is 22.9 Å². The number of rotatable bonds is 4. The molecule has 1 aromatic carbocycles. The number of anilines is 1. The Morgan fingerprint density at radius 3 is 2.79 bits per heavy atom. The van der Waals surface area contributed by atoms with Gasteiger partial charge < -0.3 is 15.7 Å². The van der Waals surface area contributed by atoms with E-state index in [-0.39, 0.29) is 6.54 Å². The summed E-state index contributed by atoms with van der Waals surface area (Å²) in [5.41, 5.74) is 0.535. The first-order valence-electron chi connectivity index (χ1n) is 5.67. The van der Waals surface area contributed by atoms with Crippen LogP contribution in [0.4, 0.5) is 10.5 Å². The standard InChI is InChI=1S/C13H13ClN2O2S/c14-9-4-1-2-5-10(9)16-13(18)15-8-11(17)12-6-3-7-19-12/h1-7,11,17H,8H2,(H2,15,16,18). The number of halogens is 1. The van der Waals surface area contributed by atoms with E-state index in [1.165, 1.54) is 11.3 Å². The van der Waals surface area contributed by atoms with Crippen LogP contribution in [0, 0.1) is 0 Å². The van der Waals surface area contributed by atoms with E-state index in [9.17, 15) is 9.90 Å². The molecule has 1 atom stereocenters. The molecule has 2 aromatic rings. The van der Waals surface area contributed by atoms with Gasteiger partial charge in [0.05, 0.1) is 17.3 Å². The quantitative estimate of drug-likeness (QED) is 0.811. The Kier molecular flexibility index (Phi) is 4.79. The topological polar surface area (TPSA) is 61.4 Å². The van der Waals surface area contributed by atoms with E-state index in [0.29, 0.717) is 10.7 Å². The van der Waals surface area contributed by atoms with Crippen molar-refractivity contribution < 1.29 is 9.90 Å². The fourth-order valence-electron chi connectivity index (χ4n) is 1.50. The van der Waals surface area contributed by atoms with Crippen LogP contribution in [0.3, 0.4) is 0 Å². The summed E-state index contributed by atoms with van der Waals surface area (Å²) >= 11 is 7.37. The predicted molar refractivity (Wildman–Crippen MR) is 77.8 cm³/mol. The summed E-state index contributed by atoms with van der Waals surface area (Å²) in [7, 11) is 0. The number of thiophene rings is 1. The number of aliphatic hydroxyl groups excluding tert-OH is 1. The maximum absolute atomic E-state index is 11.7. The molecular formula is C13H13ClN2O2S. The molecule has 1 aromatic heterocycles. The molecule has 2 rings (SSSR count). The number of para-hydroxylation sites is 1. The molecule has 0 aliphatic rings. The van der Waals surface area contributed by atoms with Crippen molar-refractivity contribution in [3.8, 4) is 0 Å². The number of benzene rings is 1. The number of carbonyl (C=O) groups excluding carboxylic acids is 1. The third-order valence-electron chi connectivity index (χ3n) is 2.45. The Balaban J connectivity index is 1.84. The van der Waals surface area contributed by atoms with Gasteiger partial charge in [-0.15, -0.1) is 11.3 Å². The minimum atomic E-state index is -0.697.